The van der Waals surface area contributed by atoms with E-state index in [1.165, 1.54) is 16.5 Å². The van der Waals surface area contributed by atoms with E-state index in [0.29, 0.717) is 40.5 Å². The Bertz CT molecular complexity index is 2720. The van der Waals surface area contributed by atoms with Crippen molar-refractivity contribution in [3.05, 3.63) is 182 Å². The average molecular weight is 683 g/mol. The van der Waals surface area contributed by atoms with Crippen LogP contribution in [0.1, 0.15) is 0 Å². The fourth-order valence-corrected chi connectivity index (χ4v) is 6.92. The Balaban J connectivity index is 0.991. The summed E-state index contributed by atoms with van der Waals surface area (Å²) in [5.41, 5.74) is 9.35. The lowest BCUT2D eigenvalue weighted by Crippen LogP contribution is -2.02. The van der Waals surface area contributed by atoms with Crippen molar-refractivity contribution < 1.29 is 9.47 Å². The molecule has 0 bridgehead atoms. The van der Waals surface area contributed by atoms with E-state index in [0.717, 1.165) is 39.1 Å². The highest BCUT2D eigenvalue weighted by Crippen LogP contribution is 2.48. The molecule has 250 valence electrons. The lowest BCUT2D eigenvalue weighted by atomic mass is 9.98. The third-order valence-corrected chi connectivity index (χ3v) is 9.54. The number of rotatable bonds is 6. The van der Waals surface area contributed by atoms with Crippen LogP contribution in [-0.2, 0) is 0 Å². The second kappa shape index (κ2) is 12.8. The number of fused-ring (bicyclic) bond motifs is 3. The van der Waals surface area contributed by atoms with Crippen molar-refractivity contribution in [3.8, 4) is 85.1 Å². The van der Waals surface area contributed by atoms with Gasteiger partial charge in [-0.15, -0.1) is 0 Å². The highest BCUT2D eigenvalue weighted by molar-refractivity contribution is 5.97. The van der Waals surface area contributed by atoms with Crippen LogP contribution in [0.2, 0.25) is 0 Å². The summed E-state index contributed by atoms with van der Waals surface area (Å²) in [7, 11) is 0. The molecular weight excluding hydrogens is 653 g/mol. The second-order valence-electron chi connectivity index (χ2n) is 12.9. The maximum absolute atomic E-state index is 6.56. The maximum Gasteiger partial charge on any atom is 0.170 e. The van der Waals surface area contributed by atoms with Gasteiger partial charge >= 0.3 is 0 Å². The zero-order valence-corrected chi connectivity index (χ0v) is 28.4. The van der Waals surface area contributed by atoms with Crippen molar-refractivity contribution in [2.45, 2.75) is 0 Å². The number of benzene rings is 7. The molecule has 6 heteroatoms. The first kappa shape index (κ1) is 30.5. The van der Waals surface area contributed by atoms with Crippen molar-refractivity contribution in [1.82, 2.24) is 19.5 Å². The van der Waals surface area contributed by atoms with Gasteiger partial charge in [0.25, 0.3) is 0 Å². The van der Waals surface area contributed by atoms with Crippen molar-refractivity contribution in [3.63, 3.8) is 0 Å². The maximum atomic E-state index is 6.56. The molecule has 0 aliphatic carbocycles. The fraction of sp³-hybridized carbons (Fsp3) is 0. The van der Waals surface area contributed by atoms with E-state index in [9.17, 15) is 0 Å². The Labute approximate surface area is 306 Å². The van der Waals surface area contributed by atoms with Crippen molar-refractivity contribution in [2.75, 3.05) is 0 Å². The Hall–Kier alpha value is -7.31. The van der Waals surface area contributed by atoms with Gasteiger partial charge in [0.15, 0.2) is 40.5 Å². The van der Waals surface area contributed by atoms with Gasteiger partial charge in [-0.3, -0.25) is 0 Å². The predicted octanol–water partition coefficient (Wildman–Crippen LogP) is 12.0. The van der Waals surface area contributed by atoms with Gasteiger partial charge in [0.05, 0.1) is 5.52 Å². The van der Waals surface area contributed by atoms with Crippen LogP contribution in [0.5, 0.6) is 23.0 Å². The van der Waals surface area contributed by atoms with Gasteiger partial charge in [-0.1, -0.05) is 121 Å². The van der Waals surface area contributed by atoms with Gasteiger partial charge in [-0.05, 0) is 71.3 Å². The van der Waals surface area contributed by atoms with Gasteiger partial charge in [0.1, 0.15) is 0 Å². The number of nitrogens with zero attached hydrogens (tertiary/aromatic N) is 4. The second-order valence-corrected chi connectivity index (χ2v) is 12.9. The molecule has 0 atom stereocenters. The molecule has 0 spiro atoms. The summed E-state index contributed by atoms with van der Waals surface area (Å²) >= 11 is 0. The molecule has 0 radical (unpaired) electrons. The number of aromatic nitrogens is 4. The summed E-state index contributed by atoms with van der Waals surface area (Å²) in [4.78, 5) is 14.6. The summed E-state index contributed by atoms with van der Waals surface area (Å²) in [6.45, 7) is 0. The SMILES string of the molecule is c1ccc(-c2nc(-c3ccccc3)nc(-c3ccc4c(c3)Oc3cc(-c5cccc(-c6cn(-c7ccccc7)c7ccccc67)c5)ccc3O4)n2)cc1. The predicted molar refractivity (Wildman–Crippen MR) is 210 cm³/mol. The summed E-state index contributed by atoms with van der Waals surface area (Å²) < 4.78 is 15.2. The van der Waals surface area contributed by atoms with E-state index in [-0.39, 0.29) is 0 Å². The highest BCUT2D eigenvalue weighted by atomic mass is 16.6. The number of para-hydroxylation sites is 2. The van der Waals surface area contributed by atoms with E-state index in [1.54, 1.807) is 0 Å². The molecule has 9 aromatic rings. The van der Waals surface area contributed by atoms with Crippen LogP contribution in [0.4, 0.5) is 0 Å². The molecule has 7 aromatic carbocycles. The third-order valence-electron chi connectivity index (χ3n) is 9.54. The molecule has 53 heavy (non-hydrogen) atoms. The molecule has 3 heterocycles. The summed E-state index contributed by atoms with van der Waals surface area (Å²) in [5.74, 6) is 4.29. The van der Waals surface area contributed by atoms with Crippen LogP contribution in [0.15, 0.2) is 182 Å². The normalized spacial score (nSPS) is 11.7. The summed E-state index contributed by atoms with van der Waals surface area (Å²) in [6.07, 6.45) is 2.23. The lowest BCUT2D eigenvalue weighted by molar-refractivity contribution is 0.360. The summed E-state index contributed by atoms with van der Waals surface area (Å²) in [5, 5.41) is 1.20. The van der Waals surface area contributed by atoms with Crippen LogP contribution in [0.25, 0.3) is 73.0 Å². The van der Waals surface area contributed by atoms with Gasteiger partial charge < -0.3 is 14.0 Å². The average Bonchev–Trinajstić information content (AvgIpc) is 3.63. The van der Waals surface area contributed by atoms with Crippen molar-refractivity contribution >= 4 is 10.9 Å². The van der Waals surface area contributed by atoms with E-state index in [1.807, 2.05) is 97.1 Å². The van der Waals surface area contributed by atoms with Crippen LogP contribution < -0.4 is 9.47 Å². The first-order chi connectivity index (χ1) is 26.2. The summed E-state index contributed by atoms with van der Waals surface area (Å²) in [6, 6.07) is 59.5. The Kier molecular flexibility index (Phi) is 7.36. The zero-order valence-electron chi connectivity index (χ0n) is 28.4. The zero-order chi connectivity index (χ0) is 35.1. The Morgan fingerprint density at radius 3 is 1.53 bits per heavy atom. The van der Waals surface area contributed by atoms with Gasteiger partial charge in [0, 0.05) is 39.5 Å². The van der Waals surface area contributed by atoms with E-state index < -0.39 is 0 Å². The minimum atomic E-state index is 0.550. The largest absolute Gasteiger partial charge is 0.450 e. The van der Waals surface area contributed by atoms with Gasteiger partial charge in [0.2, 0.25) is 0 Å². The quantitative estimate of drug-likeness (QED) is 0.175. The first-order valence-electron chi connectivity index (χ1n) is 17.5. The van der Waals surface area contributed by atoms with Crippen molar-refractivity contribution in [2.24, 2.45) is 0 Å². The topological polar surface area (TPSA) is 62.1 Å². The highest BCUT2D eigenvalue weighted by Gasteiger charge is 2.22. The number of ether oxygens (including phenoxy) is 2. The van der Waals surface area contributed by atoms with E-state index >= 15 is 0 Å². The molecule has 0 saturated carbocycles. The van der Waals surface area contributed by atoms with Crippen LogP contribution in [0.3, 0.4) is 0 Å². The molecule has 1 aliphatic heterocycles. The van der Waals surface area contributed by atoms with Crippen LogP contribution >= 0.6 is 0 Å². The smallest absolute Gasteiger partial charge is 0.170 e. The lowest BCUT2D eigenvalue weighted by Gasteiger charge is -2.22. The minimum absolute atomic E-state index is 0.550. The molecule has 0 amide bonds. The number of hydrogen-bond donors (Lipinski definition) is 0. The molecule has 2 aromatic heterocycles. The fourth-order valence-electron chi connectivity index (χ4n) is 6.92. The monoisotopic (exact) mass is 682 g/mol. The third kappa shape index (κ3) is 5.69. The molecule has 6 nitrogen and oxygen atoms in total. The Morgan fingerprint density at radius 1 is 0.358 bits per heavy atom. The van der Waals surface area contributed by atoms with E-state index in [4.69, 9.17) is 24.4 Å². The molecule has 0 unspecified atom stereocenters. The molecular formula is C47H30N4O2. The molecule has 0 saturated heterocycles. The van der Waals surface area contributed by atoms with Crippen LogP contribution in [-0.4, -0.2) is 19.5 Å². The molecule has 0 N–H and O–H groups in total. The minimum Gasteiger partial charge on any atom is -0.450 e. The number of hydrogen-bond acceptors (Lipinski definition) is 5. The van der Waals surface area contributed by atoms with E-state index in [2.05, 4.69) is 89.6 Å². The van der Waals surface area contributed by atoms with Gasteiger partial charge in [-0.25, -0.2) is 15.0 Å². The standard InChI is InChI=1S/C47H30N4O2/c1-4-13-31(14-5-1)45-48-46(32-15-6-2-7-16-32)50-47(49-45)36-24-26-42-44(29-36)53-43-28-34(23-25-41(43)52-42)33-17-12-18-35(27-33)39-30-51(37-19-8-3-9-20-37)40-22-11-10-21-38(39)40/h1-30H. The van der Waals surface area contributed by atoms with Crippen LogP contribution in [0, 0.1) is 0 Å². The van der Waals surface area contributed by atoms with Gasteiger partial charge in [-0.2, -0.15) is 0 Å². The molecule has 1 aliphatic rings. The molecule has 10 rings (SSSR count). The van der Waals surface area contributed by atoms with Crippen molar-refractivity contribution in [1.29, 1.82) is 0 Å². The molecule has 0 fully saturated rings. The first-order valence-corrected chi connectivity index (χ1v) is 17.5. The Morgan fingerprint density at radius 2 is 0.849 bits per heavy atom.